The first-order valence-corrected chi connectivity index (χ1v) is 7.94. The number of benzene rings is 1. The van der Waals surface area contributed by atoms with Crippen molar-refractivity contribution in [3.63, 3.8) is 0 Å². The lowest BCUT2D eigenvalue weighted by molar-refractivity contribution is -0.170. The highest BCUT2D eigenvalue weighted by Gasteiger charge is 2.29. The molecule has 1 unspecified atom stereocenters. The van der Waals surface area contributed by atoms with Gasteiger partial charge in [0.05, 0.1) is 18.1 Å². The number of rotatable bonds is 4. The summed E-state index contributed by atoms with van der Waals surface area (Å²) in [6.07, 6.45) is 8.07. The number of esters is 1. The number of nitriles is 1. The Hall–Kier alpha value is -1.82. The van der Waals surface area contributed by atoms with Gasteiger partial charge in [-0.25, -0.2) is 0 Å². The van der Waals surface area contributed by atoms with E-state index < -0.39 is 0 Å². The van der Waals surface area contributed by atoms with E-state index in [0.717, 1.165) is 17.9 Å². The highest BCUT2D eigenvalue weighted by molar-refractivity contribution is 5.75. The van der Waals surface area contributed by atoms with Gasteiger partial charge in [0, 0.05) is 0 Å². The minimum Gasteiger partial charge on any atom is -0.462 e. The molecular formula is C18H21NO2. The standard InChI is InChI=1S/C18H21NO2/c19-12-14-3-8-16(9-4-14)15-6-1-13(2-7-15)5-10-17-11-18(20)21-17/h3-4,8-9,13,15,17H,1-2,5-7,10-11H2. The second kappa shape index (κ2) is 6.30. The average Bonchev–Trinajstić information content (AvgIpc) is 2.51. The molecule has 2 aliphatic rings. The molecule has 3 nitrogen and oxygen atoms in total. The molecule has 2 fully saturated rings. The highest BCUT2D eigenvalue weighted by Crippen LogP contribution is 2.38. The molecular weight excluding hydrogens is 262 g/mol. The summed E-state index contributed by atoms with van der Waals surface area (Å²) in [5.41, 5.74) is 2.11. The van der Waals surface area contributed by atoms with E-state index in [-0.39, 0.29) is 12.1 Å². The first-order chi connectivity index (χ1) is 10.2. The first kappa shape index (κ1) is 14.1. The molecule has 0 bridgehead atoms. The van der Waals surface area contributed by atoms with Crippen LogP contribution in [-0.2, 0) is 9.53 Å². The van der Waals surface area contributed by atoms with E-state index in [4.69, 9.17) is 10.00 Å². The van der Waals surface area contributed by atoms with Gasteiger partial charge in [0.15, 0.2) is 0 Å². The summed E-state index contributed by atoms with van der Waals surface area (Å²) < 4.78 is 5.08. The molecule has 1 saturated heterocycles. The number of carbonyl (C=O) groups is 1. The Morgan fingerprint density at radius 2 is 1.76 bits per heavy atom. The Morgan fingerprint density at radius 1 is 1.10 bits per heavy atom. The van der Waals surface area contributed by atoms with Gasteiger partial charge in [-0.1, -0.05) is 12.1 Å². The number of carbonyl (C=O) groups excluding carboxylic acids is 1. The van der Waals surface area contributed by atoms with Gasteiger partial charge in [-0.05, 0) is 68.1 Å². The van der Waals surface area contributed by atoms with Crippen LogP contribution in [-0.4, -0.2) is 12.1 Å². The zero-order chi connectivity index (χ0) is 14.7. The molecule has 3 heteroatoms. The van der Waals surface area contributed by atoms with Crippen LogP contribution in [0, 0.1) is 17.2 Å². The summed E-state index contributed by atoms with van der Waals surface area (Å²) >= 11 is 0. The van der Waals surface area contributed by atoms with Gasteiger partial charge in [-0.3, -0.25) is 4.79 Å². The summed E-state index contributed by atoms with van der Waals surface area (Å²) in [6.45, 7) is 0. The van der Waals surface area contributed by atoms with Gasteiger partial charge in [-0.2, -0.15) is 5.26 Å². The Kier molecular flexibility index (Phi) is 4.24. The van der Waals surface area contributed by atoms with E-state index in [9.17, 15) is 4.79 Å². The summed E-state index contributed by atoms with van der Waals surface area (Å²) in [5, 5.41) is 8.84. The molecule has 0 spiro atoms. The quantitative estimate of drug-likeness (QED) is 0.787. The van der Waals surface area contributed by atoms with Crippen molar-refractivity contribution in [2.45, 2.75) is 57.0 Å². The SMILES string of the molecule is N#Cc1ccc(C2CCC(CCC3CC(=O)O3)CC2)cc1. The van der Waals surface area contributed by atoms with E-state index in [2.05, 4.69) is 18.2 Å². The topological polar surface area (TPSA) is 50.1 Å². The molecule has 1 aromatic carbocycles. The van der Waals surface area contributed by atoms with Crippen LogP contribution in [0.25, 0.3) is 0 Å². The fraction of sp³-hybridized carbons (Fsp3) is 0.556. The van der Waals surface area contributed by atoms with Gasteiger partial charge in [0.2, 0.25) is 0 Å². The lowest BCUT2D eigenvalue weighted by atomic mass is 9.76. The van der Waals surface area contributed by atoms with E-state index in [0.29, 0.717) is 12.3 Å². The molecule has 21 heavy (non-hydrogen) atoms. The van der Waals surface area contributed by atoms with Crippen molar-refractivity contribution in [1.82, 2.24) is 0 Å². The van der Waals surface area contributed by atoms with Crippen LogP contribution in [0.15, 0.2) is 24.3 Å². The maximum absolute atomic E-state index is 10.8. The van der Waals surface area contributed by atoms with E-state index in [1.165, 1.54) is 37.7 Å². The van der Waals surface area contributed by atoms with E-state index in [1.54, 1.807) is 0 Å². The van der Waals surface area contributed by atoms with E-state index >= 15 is 0 Å². The molecule has 1 saturated carbocycles. The van der Waals surface area contributed by atoms with Crippen LogP contribution in [0.3, 0.4) is 0 Å². The van der Waals surface area contributed by atoms with Crippen molar-refractivity contribution in [3.05, 3.63) is 35.4 Å². The van der Waals surface area contributed by atoms with Crippen molar-refractivity contribution in [2.75, 3.05) is 0 Å². The number of hydrogen-bond donors (Lipinski definition) is 0. The second-order valence-electron chi connectivity index (χ2n) is 6.34. The van der Waals surface area contributed by atoms with Crippen molar-refractivity contribution in [2.24, 2.45) is 5.92 Å². The van der Waals surface area contributed by atoms with Crippen molar-refractivity contribution in [1.29, 1.82) is 5.26 Å². The van der Waals surface area contributed by atoms with Gasteiger partial charge >= 0.3 is 5.97 Å². The molecule has 0 aromatic heterocycles. The predicted molar refractivity (Wildman–Crippen MR) is 79.6 cm³/mol. The zero-order valence-corrected chi connectivity index (χ0v) is 12.3. The normalized spacial score (nSPS) is 28.3. The van der Waals surface area contributed by atoms with Crippen molar-refractivity contribution >= 4 is 5.97 Å². The Labute approximate surface area is 125 Å². The molecule has 110 valence electrons. The second-order valence-corrected chi connectivity index (χ2v) is 6.34. The van der Waals surface area contributed by atoms with Crippen molar-refractivity contribution in [3.8, 4) is 6.07 Å². The monoisotopic (exact) mass is 283 g/mol. The molecule has 0 amide bonds. The molecule has 1 aliphatic carbocycles. The lowest BCUT2D eigenvalue weighted by Crippen LogP contribution is -2.33. The Balaban J connectivity index is 1.44. The molecule has 1 atom stereocenters. The predicted octanol–water partition coefficient (Wildman–Crippen LogP) is 3.93. The number of cyclic esters (lactones) is 1. The molecule has 1 heterocycles. The van der Waals surface area contributed by atoms with Gasteiger partial charge in [-0.15, -0.1) is 0 Å². The van der Waals surface area contributed by atoms with E-state index in [1.807, 2.05) is 12.1 Å². The number of ether oxygens (including phenoxy) is 1. The zero-order valence-electron chi connectivity index (χ0n) is 12.3. The summed E-state index contributed by atoms with van der Waals surface area (Å²) in [7, 11) is 0. The van der Waals surface area contributed by atoms with Gasteiger partial charge in [0.1, 0.15) is 6.10 Å². The molecule has 3 rings (SSSR count). The molecule has 0 radical (unpaired) electrons. The Bertz CT molecular complexity index is 527. The maximum Gasteiger partial charge on any atom is 0.309 e. The van der Waals surface area contributed by atoms with Crippen LogP contribution in [0.5, 0.6) is 0 Å². The minimum atomic E-state index is -0.0375. The van der Waals surface area contributed by atoms with Crippen LogP contribution >= 0.6 is 0 Å². The summed E-state index contributed by atoms with van der Waals surface area (Å²) in [6, 6.07) is 10.2. The van der Waals surface area contributed by atoms with Gasteiger partial charge in [0.25, 0.3) is 0 Å². The lowest BCUT2D eigenvalue weighted by Gasteiger charge is -2.31. The molecule has 1 aliphatic heterocycles. The number of hydrogen-bond acceptors (Lipinski definition) is 3. The average molecular weight is 283 g/mol. The molecule has 0 N–H and O–H groups in total. The van der Waals surface area contributed by atoms with Crippen LogP contribution in [0.1, 0.15) is 62.0 Å². The third kappa shape index (κ3) is 3.44. The molecule has 1 aromatic rings. The van der Waals surface area contributed by atoms with Gasteiger partial charge < -0.3 is 4.74 Å². The van der Waals surface area contributed by atoms with Crippen molar-refractivity contribution < 1.29 is 9.53 Å². The third-order valence-corrected chi connectivity index (χ3v) is 4.95. The number of nitrogens with zero attached hydrogens (tertiary/aromatic N) is 1. The van der Waals surface area contributed by atoms with Crippen LogP contribution < -0.4 is 0 Å². The largest absolute Gasteiger partial charge is 0.462 e. The van der Waals surface area contributed by atoms with Crippen LogP contribution in [0.4, 0.5) is 0 Å². The smallest absolute Gasteiger partial charge is 0.309 e. The first-order valence-electron chi connectivity index (χ1n) is 7.94. The van der Waals surface area contributed by atoms with Crippen LogP contribution in [0.2, 0.25) is 0 Å². The maximum atomic E-state index is 10.8. The minimum absolute atomic E-state index is 0.0375. The fourth-order valence-corrected chi connectivity index (χ4v) is 3.56. The summed E-state index contributed by atoms with van der Waals surface area (Å²) in [4.78, 5) is 10.8. The third-order valence-electron chi connectivity index (χ3n) is 4.95. The highest BCUT2D eigenvalue weighted by atomic mass is 16.6. The fourth-order valence-electron chi connectivity index (χ4n) is 3.56. The summed E-state index contributed by atoms with van der Waals surface area (Å²) in [5.74, 6) is 1.40. The Morgan fingerprint density at radius 3 is 2.33 bits per heavy atom.